The van der Waals surface area contributed by atoms with Crippen molar-refractivity contribution in [2.24, 2.45) is 5.73 Å². The third-order valence-electron chi connectivity index (χ3n) is 3.41. The minimum absolute atomic E-state index is 0. The number of nitrogens with two attached hydrogens (primary N) is 1. The number of benzene rings is 2. The summed E-state index contributed by atoms with van der Waals surface area (Å²) in [5.74, 6) is 0.825. The van der Waals surface area contributed by atoms with Gasteiger partial charge in [-0.05, 0) is 42.7 Å². The van der Waals surface area contributed by atoms with Gasteiger partial charge in [-0.3, -0.25) is 4.79 Å². The van der Waals surface area contributed by atoms with Gasteiger partial charge in [-0.15, -0.1) is 12.4 Å². The van der Waals surface area contributed by atoms with Gasteiger partial charge in [-0.1, -0.05) is 30.3 Å². The first-order valence-electron chi connectivity index (χ1n) is 7.46. The molecule has 2 aromatic rings. The number of rotatable bonds is 7. The van der Waals surface area contributed by atoms with Crippen molar-refractivity contribution in [3.63, 3.8) is 0 Å². The van der Waals surface area contributed by atoms with Crippen LogP contribution in [0.1, 0.15) is 27.9 Å². The Morgan fingerprint density at radius 1 is 1.13 bits per heavy atom. The molecule has 2 aromatic carbocycles. The Morgan fingerprint density at radius 3 is 2.48 bits per heavy atom. The highest BCUT2D eigenvalue weighted by molar-refractivity contribution is 5.94. The molecule has 23 heavy (non-hydrogen) atoms. The molecule has 0 saturated carbocycles. The van der Waals surface area contributed by atoms with E-state index in [0.717, 1.165) is 23.3 Å². The molecule has 0 spiro atoms. The molecule has 0 heterocycles. The summed E-state index contributed by atoms with van der Waals surface area (Å²) in [6, 6.07) is 15.2. The number of aryl methyl sites for hydroxylation is 1. The van der Waals surface area contributed by atoms with Crippen molar-refractivity contribution >= 4 is 18.3 Å². The number of nitrogens with one attached hydrogen (secondary N) is 1. The Morgan fingerprint density at radius 2 is 1.83 bits per heavy atom. The van der Waals surface area contributed by atoms with E-state index in [1.165, 1.54) is 0 Å². The van der Waals surface area contributed by atoms with E-state index in [2.05, 4.69) is 5.32 Å². The SMILES string of the molecule is Cc1ccccc1OCCCNC(=O)c1ccc(CN)cc1.Cl. The molecule has 4 nitrogen and oxygen atoms in total. The number of amides is 1. The number of para-hydroxylation sites is 1. The number of hydrogen-bond acceptors (Lipinski definition) is 3. The third-order valence-corrected chi connectivity index (χ3v) is 3.41. The van der Waals surface area contributed by atoms with Gasteiger partial charge in [0.1, 0.15) is 5.75 Å². The lowest BCUT2D eigenvalue weighted by Gasteiger charge is -2.09. The molecule has 0 atom stereocenters. The Labute approximate surface area is 143 Å². The van der Waals surface area contributed by atoms with Crippen molar-refractivity contribution in [1.29, 1.82) is 0 Å². The maximum absolute atomic E-state index is 11.9. The zero-order valence-electron chi connectivity index (χ0n) is 13.2. The fourth-order valence-electron chi connectivity index (χ4n) is 2.07. The van der Waals surface area contributed by atoms with E-state index < -0.39 is 0 Å². The Bertz CT molecular complexity index is 615. The van der Waals surface area contributed by atoms with Crippen LogP contribution in [-0.2, 0) is 6.54 Å². The van der Waals surface area contributed by atoms with Crippen LogP contribution in [0.4, 0.5) is 0 Å². The standard InChI is InChI=1S/C18H22N2O2.ClH/c1-14-5-2-3-6-17(14)22-12-4-11-20-18(21)16-9-7-15(13-19)8-10-16;/h2-3,5-10H,4,11-13,19H2,1H3,(H,20,21);1H. The van der Waals surface area contributed by atoms with Gasteiger partial charge in [0.2, 0.25) is 0 Å². The van der Waals surface area contributed by atoms with Crippen molar-refractivity contribution in [3.8, 4) is 5.75 Å². The number of carbonyl (C=O) groups is 1. The van der Waals surface area contributed by atoms with Crippen molar-refractivity contribution < 1.29 is 9.53 Å². The summed E-state index contributed by atoms with van der Waals surface area (Å²) in [4.78, 5) is 11.9. The van der Waals surface area contributed by atoms with Crippen LogP contribution in [0.25, 0.3) is 0 Å². The fraction of sp³-hybridized carbons (Fsp3) is 0.278. The maximum Gasteiger partial charge on any atom is 0.251 e. The predicted octanol–water partition coefficient (Wildman–Crippen LogP) is 3.07. The lowest BCUT2D eigenvalue weighted by Crippen LogP contribution is -2.25. The third kappa shape index (κ3) is 5.93. The van der Waals surface area contributed by atoms with E-state index in [1.54, 1.807) is 12.1 Å². The molecular formula is C18H23ClN2O2. The Balaban J connectivity index is 0.00000264. The first-order valence-corrected chi connectivity index (χ1v) is 7.46. The average molecular weight is 335 g/mol. The summed E-state index contributed by atoms with van der Waals surface area (Å²) in [7, 11) is 0. The second-order valence-corrected chi connectivity index (χ2v) is 5.12. The normalized spacial score (nSPS) is 9.83. The monoisotopic (exact) mass is 334 g/mol. The molecular weight excluding hydrogens is 312 g/mol. The first-order chi connectivity index (χ1) is 10.7. The van der Waals surface area contributed by atoms with E-state index in [4.69, 9.17) is 10.5 Å². The lowest BCUT2D eigenvalue weighted by atomic mass is 10.1. The number of hydrogen-bond donors (Lipinski definition) is 2. The van der Waals surface area contributed by atoms with Gasteiger partial charge in [0, 0.05) is 18.7 Å². The molecule has 0 bridgehead atoms. The van der Waals surface area contributed by atoms with E-state index >= 15 is 0 Å². The van der Waals surface area contributed by atoms with Crippen LogP contribution in [-0.4, -0.2) is 19.1 Å². The number of ether oxygens (including phenoxy) is 1. The van der Waals surface area contributed by atoms with Gasteiger partial charge >= 0.3 is 0 Å². The molecule has 0 aliphatic carbocycles. The molecule has 0 fully saturated rings. The molecule has 1 amide bonds. The van der Waals surface area contributed by atoms with Gasteiger partial charge in [0.25, 0.3) is 5.91 Å². The molecule has 0 unspecified atom stereocenters. The minimum Gasteiger partial charge on any atom is -0.493 e. The molecule has 124 valence electrons. The number of halogens is 1. The molecule has 2 rings (SSSR count). The van der Waals surface area contributed by atoms with Gasteiger partial charge in [-0.25, -0.2) is 0 Å². The summed E-state index contributed by atoms with van der Waals surface area (Å²) in [5, 5.41) is 2.89. The zero-order valence-corrected chi connectivity index (χ0v) is 14.1. The van der Waals surface area contributed by atoms with Gasteiger partial charge in [0.05, 0.1) is 6.61 Å². The molecule has 5 heteroatoms. The average Bonchev–Trinajstić information content (AvgIpc) is 2.56. The van der Waals surface area contributed by atoms with E-state index in [9.17, 15) is 4.79 Å². The van der Waals surface area contributed by atoms with E-state index in [0.29, 0.717) is 25.3 Å². The van der Waals surface area contributed by atoms with Crippen LogP contribution in [0.15, 0.2) is 48.5 Å². The van der Waals surface area contributed by atoms with E-state index in [1.807, 2.05) is 43.3 Å². The predicted molar refractivity (Wildman–Crippen MR) is 95.2 cm³/mol. The van der Waals surface area contributed by atoms with Gasteiger partial charge in [0.15, 0.2) is 0 Å². The van der Waals surface area contributed by atoms with E-state index in [-0.39, 0.29) is 18.3 Å². The van der Waals surface area contributed by atoms with Crippen molar-refractivity contribution in [3.05, 3.63) is 65.2 Å². The zero-order chi connectivity index (χ0) is 15.8. The maximum atomic E-state index is 11.9. The molecule has 3 N–H and O–H groups in total. The minimum atomic E-state index is -0.0699. The second kappa shape index (κ2) is 9.87. The van der Waals surface area contributed by atoms with Gasteiger partial charge < -0.3 is 15.8 Å². The topological polar surface area (TPSA) is 64.3 Å². The largest absolute Gasteiger partial charge is 0.493 e. The molecule has 0 aromatic heterocycles. The highest BCUT2D eigenvalue weighted by Crippen LogP contribution is 2.16. The second-order valence-electron chi connectivity index (χ2n) is 5.12. The highest BCUT2D eigenvalue weighted by Gasteiger charge is 2.04. The van der Waals surface area contributed by atoms with Crippen LogP contribution in [0.5, 0.6) is 5.75 Å². The summed E-state index contributed by atoms with van der Waals surface area (Å²) >= 11 is 0. The highest BCUT2D eigenvalue weighted by atomic mass is 35.5. The van der Waals surface area contributed by atoms with Crippen LogP contribution < -0.4 is 15.8 Å². The molecule has 0 aliphatic rings. The number of carbonyl (C=O) groups excluding carboxylic acids is 1. The summed E-state index contributed by atoms with van der Waals surface area (Å²) in [6.45, 7) is 3.67. The summed E-state index contributed by atoms with van der Waals surface area (Å²) in [6.07, 6.45) is 0.765. The fourth-order valence-corrected chi connectivity index (χ4v) is 2.07. The Hall–Kier alpha value is -2.04. The quantitative estimate of drug-likeness (QED) is 0.765. The summed E-state index contributed by atoms with van der Waals surface area (Å²) in [5.41, 5.74) is 8.32. The van der Waals surface area contributed by atoms with Crippen LogP contribution in [0, 0.1) is 6.92 Å². The van der Waals surface area contributed by atoms with Crippen molar-refractivity contribution in [2.75, 3.05) is 13.2 Å². The van der Waals surface area contributed by atoms with Crippen molar-refractivity contribution in [1.82, 2.24) is 5.32 Å². The van der Waals surface area contributed by atoms with Crippen LogP contribution in [0.2, 0.25) is 0 Å². The molecule has 0 saturated heterocycles. The summed E-state index contributed by atoms with van der Waals surface area (Å²) < 4.78 is 5.69. The molecule has 0 radical (unpaired) electrons. The van der Waals surface area contributed by atoms with Gasteiger partial charge in [-0.2, -0.15) is 0 Å². The van der Waals surface area contributed by atoms with Crippen LogP contribution >= 0.6 is 12.4 Å². The van der Waals surface area contributed by atoms with Crippen LogP contribution in [0.3, 0.4) is 0 Å². The lowest BCUT2D eigenvalue weighted by molar-refractivity contribution is 0.0951. The first kappa shape index (κ1) is 19.0. The Kier molecular flexibility index (Phi) is 8.16. The molecule has 0 aliphatic heterocycles. The smallest absolute Gasteiger partial charge is 0.251 e. The van der Waals surface area contributed by atoms with Crippen molar-refractivity contribution in [2.45, 2.75) is 19.9 Å².